The Bertz CT molecular complexity index is 303. The number of imidazole rings is 1. The molecular formula is C10H18N4. The molecule has 0 fully saturated rings. The Morgan fingerprint density at radius 1 is 1.79 bits per heavy atom. The molecular weight excluding hydrogens is 176 g/mol. The average Bonchev–Trinajstić information content (AvgIpc) is 2.53. The lowest BCUT2D eigenvalue weighted by molar-refractivity contribution is 0.477. The summed E-state index contributed by atoms with van der Waals surface area (Å²) in [6.45, 7) is 5.89. The van der Waals surface area contributed by atoms with Crippen LogP contribution in [0.5, 0.6) is 0 Å². The molecule has 0 saturated carbocycles. The minimum absolute atomic E-state index is 0.103. The number of aromatic nitrogens is 2. The number of nitrogens with two attached hydrogens (primary N) is 1. The van der Waals surface area contributed by atoms with Gasteiger partial charge in [-0.3, -0.25) is 5.84 Å². The van der Waals surface area contributed by atoms with Gasteiger partial charge in [0.05, 0.1) is 6.04 Å². The first-order valence-corrected chi connectivity index (χ1v) is 4.73. The Kier molecular flexibility index (Phi) is 3.85. The van der Waals surface area contributed by atoms with Crippen molar-refractivity contribution in [2.24, 2.45) is 12.9 Å². The molecule has 0 bridgehead atoms. The van der Waals surface area contributed by atoms with E-state index in [4.69, 9.17) is 5.84 Å². The van der Waals surface area contributed by atoms with Crippen LogP contribution in [-0.4, -0.2) is 9.55 Å². The monoisotopic (exact) mass is 194 g/mol. The molecule has 4 nitrogen and oxygen atoms in total. The number of nitrogens with one attached hydrogen (secondary N) is 1. The lowest BCUT2D eigenvalue weighted by Crippen LogP contribution is -2.30. The summed E-state index contributed by atoms with van der Waals surface area (Å²) in [5, 5.41) is 0. The molecule has 0 radical (unpaired) electrons. The van der Waals surface area contributed by atoms with E-state index in [2.05, 4.69) is 17.0 Å². The van der Waals surface area contributed by atoms with Crippen LogP contribution in [-0.2, 0) is 7.05 Å². The molecule has 0 aliphatic rings. The van der Waals surface area contributed by atoms with Crippen molar-refractivity contribution in [3.63, 3.8) is 0 Å². The fraction of sp³-hybridized carbons (Fsp3) is 0.500. The quantitative estimate of drug-likeness (QED) is 0.422. The minimum atomic E-state index is 0.103. The number of rotatable bonds is 5. The van der Waals surface area contributed by atoms with Crippen LogP contribution in [0, 0.1) is 0 Å². The molecule has 1 rings (SSSR count). The Labute approximate surface area is 84.8 Å². The van der Waals surface area contributed by atoms with Crippen molar-refractivity contribution in [3.8, 4) is 0 Å². The van der Waals surface area contributed by atoms with E-state index in [-0.39, 0.29) is 6.04 Å². The number of hydrogen-bond acceptors (Lipinski definition) is 3. The van der Waals surface area contributed by atoms with Gasteiger partial charge >= 0.3 is 0 Å². The molecule has 0 aromatic carbocycles. The maximum atomic E-state index is 5.49. The van der Waals surface area contributed by atoms with Crippen molar-refractivity contribution in [3.05, 3.63) is 30.4 Å². The topological polar surface area (TPSA) is 55.9 Å². The summed E-state index contributed by atoms with van der Waals surface area (Å²) in [5.41, 5.74) is 3.94. The number of aryl methyl sites for hydroxylation is 1. The number of nitrogens with zero attached hydrogens (tertiary/aromatic N) is 2. The van der Waals surface area contributed by atoms with E-state index in [9.17, 15) is 0 Å². The maximum Gasteiger partial charge on any atom is 0.126 e. The van der Waals surface area contributed by atoms with Gasteiger partial charge in [0.2, 0.25) is 0 Å². The van der Waals surface area contributed by atoms with Crippen LogP contribution in [0.15, 0.2) is 24.5 Å². The zero-order valence-electron chi connectivity index (χ0n) is 8.83. The van der Waals surface area contributed by atoms with Gasteiger partial charge < -0.3 is 4.57 Å². The zero-order chi connectivity index (χ0) is 10.6. The van der Waals surface area contributed by atoms with Gasteiger partial charge in [0.1, 0.15) is 5.82 Å². The van der Waals surface area contributed by atoms with Gasteiger partial charge in [-0.05, 0) is 19.8 Å². The summed E-state index contributed by atoms with van der Waals surface area (Å²) in [5.74, 6) is 6.45. The highest BCUT2D eigenvalue weighted by Gasteiger charge is 2.13. The second-order valence-corrected chi connectivity index (χ2v) is 3.61. The largest absolute Gasteiger partial charge is 0.337 e. The third kappa shape index (κ3) is 2.68. The van der Waals surface area contributed by atoms with Crippen molar-refractivity contribution in [2.75, 3.05) is 0 Å². The lowest BCUT2D eigenvalue weighted by atomic mass is 10.1. The van der Waals surface area contributed by atoms with Crippen molar-refractivity contribution < 1.29 is 0 Å². The molecule has 3 N–H and O–H groups in total. The van der Waals surface area contributed by atoms with Crippen LogP contribution in [0.4, 0.5) is 0 Å². The van der Waals surface area contributed by atoms with Crippen LogP contribution >= 0.6 is 0 Å². The van der Waals surface area contributed by atoms with Crippen molar-refractivity contribution in [1.82, 2.24) is 15.0 Å². The predicted molar refractivity (Wildman–Crippen MR) is 57.3 cm³/mol. The van der Waals surface area contributed by atoms with E-state index in [1.165, 1.54) is 5.57 Å². The highest BCUT2D eigenvalue weighted by Crippen LogP contribution is 2.17. The van der Waals surface area contributed by atoms with E-state index < -0.39 is 0 Å². The average molecular weight is 194 g/mol. The van der Waals surface area contributed by atoms with Gasteiger partial charge in [-0.1, -0.05) is 5.57 Å². The highest BCUT2D eigenvalue weighted by molar-refractivity contribution is 5.00. The first-order chi connectivity index (χ1) is 6.65. The fourth-order valence-corrected chi connectivity index (χ4v) is 1.39. The van der Waals surface area contributed by atoms with Crippen LogP contribution in [0.2, 0.25) is 0 Å². The molecule has 1 aromatic heterocycles. The van der Waals surface area contributed by atoms with E-state index in [0.717, 1.165) is 18.7 Å². The molecule has 1 heterocycles. The zero-order valence-corrected chi connectivity index (χ0v) is 8.83. The highest BCUT2D eigenvalue weighted by atomic mass is 15.3. The normalized spacial score (nSPS) is 12.8. The standard InChI is InChI=1S/C10H18N4/c1-8(2)4-5-9(13-11)10-12-6-7-14(10)3/h6-7,9,13H,1,4-5,11H2,2-3H3. The molecule has 1 unspecified atom stereocenters. The van der Waals surface area contributed by atoms with Crippen LogP contribution in [0.25, 0.3) is 0 Å². The summed E-state index contributed by atoms with van der Waals surface area (Å²) in [4.78, 5) is 4.26. The van der Waals surface area contributed by atoms with Gasteiger partial charge in [-0.2, -0.15) is 0 Å². The first-order valence-electron chi connectivity index (χ1n) is 4.73. The molecule has 0 aliphatic heterocycles. The molecule has 0 aliphatic carbocycles. The SMILES string of the molecule is C=C(C)CCC(NN)c1nccn1C. The molecule has 1 aromatic rings. The van der Waals surface area contributed by atoms with Crippen LogP contribution < -0.4 is 11.3 Å². The molecule has 78 valence electrons. The molecule has 4 heteroatoms. The van der Waals surface area contributed by atoms with E-state index in [0.29, 0.717) is 0 Å². The Morgan fingerprint density at radius 3 is 2.93 bits per heavy atom. The Hall–Kier alpha value is -1.13. The van der Waals surface area contributed by atoms with E-state index >= 15 is 0 Å². The minimum Gasteiger partial charge on any atom is -0.337 e. The number of allylic oxidation sites excluding steroid dienone is 1. The van der Waals surface area contributed by atoms with Gasteiger partial charge in [0, 0.05) is 19.4 Å². The third-order valence-corrected chi connectivity index (χ3v) is 2.23. The van der Waals surface area contributed by atoms with Gasteiger partial charge in [0.15, 0.2) is 0 Å². The predicted octanol–water partition coefficient (Wildman–Crippen LogP) is 1.28. The molecule has 0 amide bonds. The molecule has 0 saturated heterocycles. The number of hydrogen-bond donors (Lipinski definition) is 2. The summed E-state index contributed by atoms with van der Waals surface area (Å²) in [6, 6.07) is 0.103. The third-order valence-electron chi connectivity index (χ3n) is 2.23. The van der Waals surface area contributed by atoms with Crippen LogP contribution in [0.1, 0.15) is 31.6 Å². The first kappa shape index (κ1) is 10.9. The Morgan fingerprint density at radius 2 is 2.50 bits per heavy atom. The van der Waals surface area contributed by atoms with Gasteiger partial charge in [0.25, 0.3) is 0 Å². The summed E-state index contributed by atoms with van der Waals surface area (Å²) in [6.07, 6.45) is 5.58. The lowest BCUT2D eigenvalue weighted by Gasteiger charge is -2.15. The second kappa shape index (κ2) is 4.93. The smallest absolute Gasteiger partial charge is 0.126 e. The Balaban J connectivity index is 2.63. The van der Waals surface area contributed by atoms with Crippen LogP contribution in [0.3, 0.4) is 0 Å². The van der Waals surface area contributed by atoms with E-state index in [1.54, 1.807) is 6.20 Å². The van der Waals surface area contributed by atoms with E-state index in [1.807, 2.05) is 24.7 Å². The van der Waals surface area contributed by atoms with Crippen molar-refractivity contribution >= 4 is 0 Å². The fourth-order valence-electron chi connectivity index (χ4n) is 1.39. The molecule has 14 heavy (non-hydrogen) atoms. The summed E-state index contributed by atoms with van der Waals surface area (Å²) in [7, 11) is 1.97. The van der Waals surface area contributed by atoms with Crippen molar-refractivity contribution in [1.29, 1.82) is 0 Å². The second-order valence-electron chi connectivity index (χ2n) is 3.61. The maximum absolute atomic E-state index is 5.49. The summed E-state index contributed by atoms with van der Waals surface area (Å²) >= 11 is 0. The number of hydrazine groups is 1. The molecule has 1 atom stereocenters. The van der Waals surface area contributed by atoms with Crippen molar-refractivity contribution in [2.45, 2.75) is 25.8 Å². The van der Waals surface area contributed by atoms with Gasteiger partial charge in [-0.25, -0.2) is 10.4 Å². The summed E-state index contributed by atoms with van der Waals surface area (Å²) < 4.78 is 1.98. The van der Waals surface area contributed by atoms with Gasteiger partial charge in [-0.15, -0.1) is 6.58 Å². The molecule has 0 spiro atoms.